The lowest BCUT2D eigenvalue weighted by Crippen LogP contribution is -2.57. The van der Waals surface area contributed by atoms with Crippen molar-refractivity contribution in [3.63, 3.8) is 0 Å². The Hall–Kier alpha value is -3.35. The van der Waals surface area contributed by atoms with E-state index in [1.165, 1.54) is 7.11 Å². The second kappa shape index (κ2) is 9.33. The Morgan fingerprint density at radius 3 is 2.63 bits per heavy atom. The van der Waals surface area contributed by atoms with E-state index in [9.17, 15) is 20.1 Å². The van der Waals surface area contributed by atoms with Crippen LogP contribution in [-0.2, 0) is 28.8 Å². The van der Waals surface area contributed by atoms with Crippen molar-refractivity contribution in [2.24, 2.45) is 22.7 Å². The SMILES string of the molecule is C=C1[C@H]2[C@@H](CO)C[C@]3(C(=O)CCc4cccc(c4)C[C@H]4c5cc6cc7c(cc6cc5C=C[C@@H]4O)C=CC[C@@]13C7)[C@@]2(O)OC. The number of aliphatic hydroxyl groups is 3. The number of carbonyl (C=O) groups is 1. The van der Waals surface area contributed by atoms with Crippen LogP contribution in [0.4, 0.5) is 0 Å². The number of hydrogen-bond acceptors (Lipinski definition) is 5. The molecule has 0 radical (unpaired) electrons. The van der Waals surface area contributed by atoms with Crippen molar-refractivity contribution < 1.29 is 24.9 Å². The quantitative estimate of drug-likeness (QED) is 0.277. The van der Waals surface area contributed by atoms with Crippen LogP contribution in [0.3, 0.4) is 0 Å². The number of allylic oxidation sites excluding steroid dienone is 1. The Bertz CT molecular complexity index is 1770. The second-order valence-electron chi connectivity index (χ2n) is 13.6. The highest BCUT2D eigenvalue weighted by Gasteiger charge is 2.81. The van der Waals surface area contributed by atoms with Crippen molar-refractivity contribution in [3.8, 4) is 0 Å². The third-order valence-electron chi connectivity index (χ3n) is 11.8. The molecular weight excluding hydrogens is 536 g/mol. The molecule has 2 fully saturated rings. The Morgan fingerprint density at radius 2 is 1.81 bits per heavy atom. The highest BCUT2D eigenvalue weighted by molar-refractivity contribution is 5.92. The third kappa shape index (κ3) is 3.45. The molecule has 2 spiro atoms. The van der Waals surface area contributed by atoms with Gasteiger partial charge in [-0.3, -0.25) is 4.79 Å². The predicted octanol–water partition coefficient (Wildman–Crippen LogP) is 5.53. The number of methoxy groups -OCH3 is 1. The third-order valence-corrected chi connectivity index (χ3v) is 11.8. The first-order valence-electron chi connectivity index (χ1n) is 15.6. The number of aryl methyl sites for hydroxylation is 1. The molecule has 7 atom stereocenters. The van der Waals surface area contributed by atoms with Gasteiger partial charge in [0.1, 0.15) is 5.78 Å². The van der Waals surface area contributed by atoms with E-state index in [4.69, 9.17) is 4.74 Å². The molecule has 3 N–H and O–H groups in total. The molecule has 0 heterocycles. The van der Waals surface area contributed by atoms with Gasteiger partial charge in [-0.05, 0) is 94.3 Å². The highest BCUT2D eigenvalue weighted by Crippen LogP contribution is 2.76. The molecule has 5 heteroatoms. The summed E-state index contributed by atoms with van der Waals surface area (Å²) in [5, 5.41) is 36.3. The van der Waals surface area contributed by atoms with Gasteiger partial charge in [0.15, 0.2) is 5.79 Å². The van der Waals surface area contributed by atoms with Gasteiger partial charge >= 0.3 is 0 Å². The van der Waals surface area contributed by atoms with Crippen molar-refractivity contribution >= 4 is 28.7 Å². The minimum absolute atomic E-state index is 0.0219. The molecule has 0 saturated heterocycles. The number of carbonyl (C=O) groups excluding carboxylic acids is 1. The van der Waals surface area contributed by atoms with Gasteiger partial charge in [-0.2, -0.15) is 0 Å². The predicted molar refractivity (Wildman–Crippen MR) is 167 cm³/mol. The molecule has 43 heavy (non-hydrogen) atoms. The van der Waals surface area contributed by atoms with Crippen LogP contribution in [0.1, 0.15) is 58.6 Å². The largest absolute Gasteiger partial charge is 0.396 e. The molecule has 2 saturated carbocycles. The van der Waals surface area contributed by atoms with E-state index in [0.29, 0.717) is 32.1 Å². The van der Waals surface area contributed by atoms with Crippen LogP contribution >= 0.6 is 0 Å². The van der Waals surface area contributed by atoms with Crippen LogP contribution in [-0.4, -0.2) is 46.7 Å². The van der Waals surface area contributed by atoms with Crippen molar-refractivity contribution in [2.75, 3.05) is 13.7 Å². The Labute approximate surface area is 252 Å². The van der Waals surface area contributed by atoms with Crippen molar-refractivity contribution in [3.05, 3.63) is 106 Å². The lowest BCUT2D eigenvalue weighted by molar-refractivity contribution is -0.256. The number of hydrogen-bond donors (Lipinski definition) is 3. The summed E-state index contributed by atoms with van der Waals surface area (Å²) < 4.78 is 6.00. The minimum Gasteiger partial charge on any atom is -0.396 e. The normalized spacial score (nSPS) is 35.7. The first kappa shape index (κ1) is 27.2. The molecule has 5 nitrogen and oxygen atoms in total. The smallest absolute Gasteiger partial charge is 0.185 e. The van der Waals surface area contributed by atoms with Crippen LogP contribution in [0.25, 0.3) is 22.9 Å². The average molecular weight is 575 g/mol. The first-order chi connectivity index (χ1) is 20.7. The van der Waals surface area contributed by atoms with Gasteiger partial charge in [0.2, 0.25) is 0 Å². The number of benzene rings is 3. The summed E-state index contributed by atoms with van der Waals surface area (Å²) in [6.07, 6.45) is 10.6. The molecule has 5 aliphatic carbocycles. The average Bonchev–Trinajstić information content (AvgIpc) is 3.24. The number of ether oxygens (including phenoxy) is 1. The zero-order valence-electron chi connectivity index (χ0n) is 24.6. The molecule has 5 aliphatic rings. The van der Waals surface area contributed by atoms with Gasteiger partial charge in [-0.25, -0.2) is 0 Å². The van der Waals surface area contributed by atoms with E-state index in [0.717, 1.165) is 49.7 Å². The van der Waals surface area contributed by atoms with Crippen molar-refractivity contribution in [1.29, 1.82) is 0 Å². The first-order valence-corrected chi connectivity index (χ1v) is 15.6. The number of fused-ring (bicyclic) bond motifs is 3. The molecule has 8 rings (SSSR count). The zero-order valence-corrected chi connectivity index (χ0v) is 24.6. The maximum absolute atomic E-state index is 14.8. The van der Waals surface area contributed by atoms with E-state index < -0.39 is 28.6 Å². The number of ketones is 1. The molecule has 0 unspecified atom stereocenters. The summed E-state index contributed by atoms with van der Waals surface area (Å²) in [6.45, 7) is 4.46. The van der Waals surface area contributed by atoms with E-state index in [1.807, 2.05) is 18.2 Å². The fourth-order valence-corrected chi connectivity index (χ4v) is 9.89. The van der Waals surface area contributed by atoms with Gasteiger partial charge in [0, 0.05) is 37.4 Å². The summed E-state index contributed by atoms with van der Waals surface area (Å²) in [7, 11) is 1.49. The molecule has 0 aromatic heterocycles. The second-order valence-corrected chi connectivity index (χ2v) is 13.6. The van der Waals surface area contributed by atoms with Crippen LogP contribution in [0.5, 0.6) is 0 Å². The van der Waals surface area contributed by atoms with Gasteiger partial charge < -0.3 is 20.1 Å². The van der Waals surface area contributed by atoms with E-state index >= 15 is 0 Å². The van der Waals surface area contributed by atoms with Crippen LogP contribution in [0.15, 0.2) is 72.8 Å². The summed E-state index contributed by atoms with van der Waals surface area (Å²) >= 11 is 0. The van der Waals surface area contributed by atoms with Gasteiger partial charge in [0.05, 0.1) is 11.5 Å². The van der Waals surface area contributed by atoms with Gasteiger partial charge in [-0.15, -0.1) is 0 Å². The summed E-state index contributed by atoms with van der Waals surface area (Å²) in [4.78, 5) is 14.8. The maximum Gasteiger partial charge on any atom is 0.185 e. The number of aliphatic hydroxyl groups excluding tert-OH is 2. The Kier molecular flexibility index (Phi) is 5.90. The molecule has 8 bridgehead atoms. The lowest BCUT2D eigenvalue weighted by Gasteiger charge is -2.50. The van der Waals surface area contributed by atoms with Gasteiger partial charge in [0.25, 0.3) is 0 Å². The van der Waals surface area contributed by atoms with Crippen LogP contribution < -0.4 is 0 Å². The summed E-state index contributed by atoms with van der Waals surface area (Å²) in [6, 6.07) is 17.3. The molecular formula is C38H38O5. The monoisotopic (exact) mass is 574 g/mol. The Balaban J connectivity index is 1.39. The standard InChI is InChI=1S/C38H38O5/c1-22-35-30(21-39)20-37(38(35,42)43-2)34(41)11-8-23-5-3-6-24(13-23)14-32-31-18-28-17-29-19-36(22,37)12-4-7-25(29)15-27(28)16-26(31)9-10-33(32)40/h3-7,9-10,13,15-18,30,32-33,35,39-40,42H,1,8,11-12,14,19-21H2,2H3/t30-,32+,33+,35+,36-,37-,38+/m1/s1. The summed E-state index contributed by atoms with van der Waals surface area (Å²) in [5.74, 6) is -2.67. The van der Waals surface area contributed by atoms with E-state index in [1.54, 1.807) is 0 Å². The molecule has 220 valence electrons. The number of rotatable bonds is 2. The Morgan fingerprint density at radius 1 is 1.02 bits per heavy atom. The van der Waals surface area contributed by atoms with Crippen LogP contribution in [0, 0.1) is 22.7 Å². The minimum atomic E-state index is -1.74. The van der Waals surface area contributed by atoms with E-state index in [-0.39, 0.29) is 30.6 Å². The topological polar surface area (TPSA) is 87.0 Å². The van der Waals surface area contributed by atoms with E-state index in [2.05, 4.69) is 61.2 Å². The maximum atomic E-state index is 14.8. The fraction of sp³-hybridized carbons (Fsp3) is 0.395. The molecule has 3 aromatic carbocycles. The van der Waals surface area contributed by atoms with Gasteiger partial charge in [-0.1, -0.05) is 72.9 Å². The van der Waals surface area contributed by atoms with Crippen molar-refractivity contribution in [1.82, 2.24) is 0 Å². The highest BCUT2D eigenvalue weighted by atomic mass is 16.6. The summed E-state index contributed by atoms with van der Waals surface area (Å²) in [5.41, 5.74) is 5.50. The molecule has 3 aromatic rings. The molecule has 0 amide bonds. The van der Waals surface area contributed by atoms with Crippen LogP contribution in [0.2, 0.25) is 0 Å². The molecule has 0 aliphatic heterocycles. The zero-order chi connectivity index (χ0) is 29.7. The lowest BCUT2D eigenvalue weighted by atomic mass is 9.53. The van der Waals surface area contributed by atoms with Crippen molar-refractivity contribution in [2.45, 2.75) is 56.3 Å². The fourth-order valence-electron chi connectivity index (χ4n) is 9.89. The number of Topliss-reactive ketones (excluding diaryl/α,β-unsaturated/α-hetero) is 1.